The fourth-order valence-corrected chi connectivity index (χ4v) is 6.01. The van der Waals surface area contributed by atoms with E-state index in [1.807, 2.05) is 60.7 Å². The largest absolute Gasteiger partial charge is 0.360 e. The van der Waals surface area contributed by atoms with Gasteiger partial charge in [-0.15, -0.1) is 4.98 Å². The second-order valence-electron chi connectivity index (χ2n) is 10.5. The van der Waals surface area contributed by atoms with E-state index >= 15 is 0 Å². The van der Waals surface area contributed by atoms with Crippen LogP contribution in [0, 0.1) is 17.9 Å². The molecule has 0 spiro atoms. The normalized spacial score (nSPS) is 11.1. The Morgan fingerprint density at radius 3 is 1.55 bits per heavy atom. The summed E-state index contributed by atoms with van der Waals surface area (Å²) in [5.41, 5.74) is 6.95. The van der Waals surface area contributed by atoms with E-state index in [0.29, 0.717) is 11.5 Å². The van der Waals surface area contributed by atoms with E-state index in [1.165, 1.54) is 10.8 Å². The van der Waals surface area contributed by atoms with Gasteiger partial charge in [0.1, 0.15) is 18.0 Å². The molecule has 202 valence electrons. The molecule has 0 fully saturated rings. The predicted octanol–water partition coefficient (Wildman–Crippen LogP) is 9.25. The molecule has 8 rings (SSSR count). The Bertz CT molecular complexity index is 2240. The van der Waals surface area contributed by atoms with Gasteiger partial charge >= 0.3 is 0 Å². The van der Waals surface area contributed by atoms with Gasteiger partial charge in [0.05, 0.1) is 22.8 Å². The Morgan fingerprint density at radius 2 is 1.02 bits per heavy atom. The molecule has 44 heavy (non-hydrogen) atoms. The predicted molar refractivity (Wildman–Crippen MR) is 174 cm³/mol. The summed E-state index contributed by atoms with van der Waals surface area (Å²) < 4.78 is 0. The molecule has 0 bridgehead atoms. The van der Waals surface area contributed by atoms with Crippen LogP contribution in [-0.2, 0) is 0 Å². The number of benzene rings is 4. The number of pyridine rings is 4. The summed E-state index contributed by atoms with van der Waals surface area (Å²) in [4.78, 5) is 21.8. The maximum Gasteiger partial charge on any atom is 0.278 e. The third-order valence-electron chi connectivity index (χ3n) is 7.98. The molecule has 0 radical (unpaired) electrons. The minimum atomic E-state index is 0.345. The topological polar surface area (TPSA) is 79.7 Å². The van der Waals surface area contributed by atoms with E-state index in [4.69, 9.17) is 16.5 Å². The third-order valence-corrected chi connectivity index (χ3v) is 7.98. The highest BCUT2D eigenvalue weighted by Gasteiger charge is 2.15. The van der Waals surface area contributed by atoms with Crippen molar-refractivity contribution in [1.29, 1.82) is 5.26 Å². The van der Waals surface area contributed by atoms with Crippen molar-refractivity contribution in [2.45, 2.75) is 0 Å². The summed E-state index contributed by atoms with van der Waals surface area (Å²) in [6.45, 7) is 7.50. The van der Waals surface area contributed by atoms with Gasteiger partial charge in [0.15, 0.2) is 0 Å². The summed E-state index contributed by atoms with van der Waals surface area (Å²) in [6.07, 6.45) is 3.25. The lowest BCUT2D eigenvalue weighted by Gasteiger charge is -2.15. The Labute approximate surface area is 252 Å². The molecule has 0 amide bonds. The van der Waals surface area contributed by atoms with E-state index in [2.05, 4.69) is 69.4 Å². The quantitative estimate of drug-likeness (QED) is 0.158. The zero-order chi connectivity index (χ0) is 29.6. The Morgan fingerprint density at radius 1 is 0.545 bits per heavy atom. The van der Waals surface area contributed by atoms with Crippen molar-refractivity contribution in [2.75, 3.05) is 0 Å². The molecule has 0 aliphatic rings. The van der Waals surface area contributed by atoms with E-state index in [1.54, 1.807) is 12.4 Å². The van der Waals surface area contributed by atoms with Gasteiger partial charge < -0.3 is 4.85 Å². The smallest absolute Gasteiger partial charge is 0.278 e. The minimum absolute atomic E-state index is 0.345. The molecule has 4 aromatic heterocycles. The number of nitriles is 1. The van der Waals surface area contributed by atoms with Crippen molar-refractivity contribution in [3.05, 3.63) is 139 Å². The fourth-order valence-electron chi connectivity index (χ4n) is 6.01. The minimum Gasteiger partial charge on any atom is -0.360 e. The van der Waals surface area contributed by atoms with Gasteiger partial charge in [-0.3, -0.25) is 0 Å². The van der Waals surface area contributed by atoms with Crippen LogP contribution in [0.2, 0.25) is 0 Å². The number of rotatable bonds is 4. The molecule has 0 saturated carbocycles. The van der Waals surface area contributed by atoms with Crippen LogP contribution in [-0.4, -0.2) is 19.9 Å². The molecule has 6 heteroatoms. The molecule has 8 aromatic rings. The van der Waals surface area contributed by atoms with Gasteiger partial charge in [0, 0.05) is 28.5 Å². The molecule has 0 aliphatic carbocycles. The van der Waals surface area contributed by atoms with Crippen molar-refractivity contribution in [2.24, 2.45) is 0 Å². The molecular weight excluding hydrogens is 540 g/mol. The van der Waals surface area contributed by atoms with Gasteiger partial charge in [-0.2, -0.15) is 5.26 Å². The highest BCUT2D eigenvalue weighted by molar-refractivity contribution is 6.24. The summed E-state index contributed by atoms with van der Waals surface area (Å²) in [5, 5.41) is 16.5. The van der Waals surface area contributed by atoms with E-state index in [-0.39, 0.29) is 0 Å². The number of nitrogens with zero attached hydrogens (tertiary/aromatic N) is 6. The summed E-state index contributed by atoms with van der Waals surface area (Å²) in [6, 6.07) is 38.8. The van der Waals surface area contributed by atoms with Gasteiger partial charge in [0.25, 0.3) is 5.82 Å². The van der Waals surface area contributed by atoms with Crippen molar-refractivity contribution in [3.8, 4) is 51.1 Å². The van der Waals surface area contributed by atoms with E-state index in [0.717, 1.165) is 66.6 Å². The molecule has 4 aromatic carbocycles. The first kappa shape index (κ1) is 25.2. The average Bonchev–Trinajstić information content (AvgIpc) is 3.10. The van der Waals surface area contributed by atoms with Crippen LogP contribution in [0.3, 0.4) is 0 Å². The van der Waals surface area contributed by atoms with E-state index in [9.17, 15) is 5.26 Å². The van der Waals surface area contributed by atoms with Gasteiger partial charge in [0.2, 0.25) is 0 Å². The summed E-state index contributed by atoms with van der Waals surface area (Å²) in [7, 11) is 0. The van der Waals surface area contributed by atoms with Gasteiger partial charge in [-0.05, 0) is 99.0 Å². The highest BCUT2D eigenvalue weighted by atomic mass is 14.9. The van der Waals surface area contributed by atoms with Crippen LogP contribution in [0.4, 0.5) is 5.82 Å². The maximum atomic E-state index is 9.54. The Kier molecular flexibility index (Phi) is 5.79. The molecular formula is C38H20N6. The lowest BCUT2D eigenvalue weighted by Crippen LogP contribution is -1.93. The van der Waals surface area contributed by atoms with Crippen molar-refractivity contribution in [1.82, 2.24) is 19.9 Å². The first-order valence-corrected chi connectivity index (χ1v) is 14.1. The molecule has 0 aliphatic heterocycles. The van der Waals surface area contributed by atoms with Crippen LogP contribution in [0.5, 0.6) is 0 Å². The first-order valence-electron chi connectivity index (χ1n) is 14.1. The van der Waals surface area contributed by atoms with Crippen molar-refractivity contribution >= 4 is 38.1 Å². The zero-order valence-electron chi connectivity index (χ0n) is 23.2. The molecule has 0 N–H and O–H groups in total. The lowest BCUT2D eigenvalue weighted by molar-refractivity contribution is 1.24. The summed E-state index contributed by atoms with van der Waals surface area (Å²) >= 11 is 0. The van der Waals surface area contributed by atoms with Crippen LogP contribution >= 0.6 is 0 Å². The third kappa shape index (κ3) is 4.10. The Balaban J connectivity index is 1.23. The average molecular weight is 561 g/mol. The maximum absolute atomic E-state index is 9.54. The SMILES string of the molecule is [C-]#[N+]c1ncccc1-c1cccc(-c2cc3ccc4cc(-c5cccc(-c6cccnc6C#N)n5)cc5ccc(c2)c3c45)n1. The number of hydrogen-bond donors (Lipinski definition) is 0. The van der Waals surface area contributed by atoms with Crippen molar-refractivity contribution in [3.63, 3.8) is 0 Å². The molecule has 0 saturated heterocycles. The monoisotopic (exact) mass is 560 g/mol. The zero-order valence-corrected chi connectivity index (χ0v) is 23.2. The van der Waals surface area contributed by atoms with Crippen LogP contribution < -0.4 is 0 Å². The number of hydrogen-bond acceptors (Lipinski definition) is 5. The summed E-state index contributed by atoms with van der Waals surface area (Å²) in [5.74, 6) is 0.345. The first-order chi connectivity index (χ1) is 21.7. The highest BCUT2D eigenvalue weighted by Crippen LogP contribution is 2.39. The molecule has 6 nitrogen and oxygen atoms in total. The standard InChI is InChI=1S/C38H20N6/c1-40-38-30(7-5-17-42-38)34-11-3-9-32(44-34)28-20-25-14-12-23-18-27(19-24-13-15-26(21-28)37(25)36(23)24)31-8-2-10-33(43-31)29-6-4-16-41-35(29)22-39/h2-21H. The number of aromatic nitrogens is 4. The molecule has 0 unspecified atom stereocenters. The Hall–Kier alpha value is -6.50. The molecule has 4 heterocycles. The van der Waals surface area contributed by atoms with Crippen molar-refractivity contribution < 1.29 is 0 Å². The van der Waals surface area contributed by atoms with Crippen LogP contribution in [0.15, 0.2) is 122 Å². The second kappa shape index (κ2) is 10.1. The van der Waals surface area contributed by atoms with Crippen LogP contribution in [0.1, 0.15) is 5.69 Å². The van der Waals surface area contributed by atoms with Gasteiger partial charge in [-0.1, -0.05) is 49.0 Å². The van der Waals surface area contributed by atoms with E-state index < -0.39 is 0 Å². The van der Waals surface area contributed by atoms with Gasteiger partial charge in [-0.25, -0.2) is 15.0 Å². The second-order valence-corrected chi connectivity index (χ2v) is 10.5. The fraction of sp³-hybridized carbons (Fsp3) is 0. The molecule has 0 atom stereocenters. The lowest BCUT2D eigenvalue weighted by atomic mass is 9.90. The van der Waals surface area contributed by atoms with Crippen LogP contribution in [0.25, 0.3) is 82.2 Å².